The molecule has 4 rings (SSSR count). The van der Waals surface area contributed by atoms with Crippen LogP contribution in [0.3, 0.4) is 0 Å². The number of fused-ring (bicyclic) bond motifs is 1. The molecule has 0 bridgehead atoms. The average molecular weight is 385 g/mol. The first-order chi connectivity index (χ1) is 13.0. The number of nitrogens with one attached hydrogen (secondary N) is 1. The van der Waals surface area contributed by atoms with E-state index in [1.807, 2.05) is 12.1 Å². The summed E-state index contributed by atoms with van der Waals surface area (Å²) in [5.74, 6) is -0.0953. The molecular weight excluding hydrogens is 371 g/mol. The van der Waals surface area contributed by atoms with Crippen molar-refractivity contribution in [3.8, 4) is 11.3 Å². The maximum absolute atomic E-state index is 13.4. The minimum absolute atomic E-state index is 0.0433. The molecule has 0 fully saturated rings. The summed E-state index contributed by atoms with van der Waals surface area (Å²) < 4.78 is 24.2. The smallest absolute Gasteiger partial charge is 0.225 e. The molecule has 0 saturated heterocycles. The molecule has 0 saturated carbocycles. The number of Topliss-reactive ketones (excluding diaryl/α,β-unsaturated/α-hetero) is 1. The van der Waals surface area contributed by atoms with Gasteiger partial charge in [0.25, 0.3) is 0 Å². The Hall–Kier alpha value is -3.12. The van der Waals surface area contributed by atoms with Crippen LogP contribution in [0.4, 0.5) is 10.3 Å². The van der Waals surface area contributed by atoms with E-state index in [0.717, 1.165) is 5.56 Å². The van der Waals surface area contributed by atoms with Gasteiger partial charge in [0.15, 0.2) is 5.76 Å². The zero-order valence-electron chi connectivity index (χ0n) is 14.3. The SMILES string of the molecule is Cc1c(C(=O)CNc2cc(-c3ccc(Cl)cc3)no2)oc2ccc(F)cc12. The highest BCUT2D eigenvalue weighted by atomic mass is 35.5. The minimum atomic E-state index is -0.375. The number of hydrogen-bond acceptors (Lipinski definition) is 5. The second-order valence-corrected chi connectivity index (χ2v) is 6.49. The van der Waals surface area contributed by atoms with Gasteiger partial charge in [0.2, 0.25) is 11.7 Å². The predicted molar refractivity (Wildman–Crippen MR) is 101 cm³/mol. The third kappa shape index (κ3) is 3.44. The van der Waals surface area contributed by atoms with Gasteiger partial charge in [0, 0.05) is 27.6 Å². The first kappa shape index (κ1) is 17.3. The van der Waals surface area contributed by atoms with Crippen LogP contribution in [-0.4, -0.2) is 17.5 Å². The monoisotopic (exact) mass is 384 g/mol. The Kier molecular flexibility index (Phi) is 4.41. The number of ketones is 1. The zero-order chi connectivity index (χ0) is 19.0. The van der Waals surface area contributed by atoms with Gasteiger partial charge in [-0.1, -0.05) is 28.9 Å². The normalized spacial score (nSPS) is 11.1. The van der Waals surface area contributed by atoms with Gasteiger partial charge in [0.05, 0.1) is 6.54 Å². The summed E-state index contributed by atoms with van der Waals surface area (Å²) in [6, 6.07) is 13.0. The van der Waals surface area contributed by atoms with Gasteiger partial charge in [0.1, 0.15) is 17.1 Å². The third-order valence-electron chi connectivity index (χ3n) is 4.22. The van der Waals surface area contributed by atoms with Crippen LogP contribution >= 0.6 is 11.6 Å². The van der Waals surface area contributed by atoms with E-state index < -0.39 is 0 Å². The summed E-state index contributed by atoms with van der Waals surface area (Å²) in [5, 5.41) is 8.08. The van der Waals surface area contributed by atoms with Crippen molar-refractivity contribution in [1.29, 1.82) is 0 Å². The van der Waals surface area contributed by atoms with Crippen LogP contribution in [0, 0.1) is 12.7 Å². The van der Waals surface area contributed by atoms with E-state index in [9.17, 15) is 9.18 Å². The lowest BCUT2D eigenvalue weighted by atomic mass is 10.1. The minimum Gasteiger partial charge on any atom is -0.453 e. The van der Waals surface area contributed by atoms with Crippen molar-refractivity contribution >= 4 is 34.2 Å². The molecule has 0 spiro atoms. The molecule has 0 unspecified atom stereocenters. The third-order valence-corrected chi connectivity index (χ3v) is 4.48. The number of hydrogen-bond donors (Lipinski definition) is 1. The van der Waals surface area contributed by atoms with Crippen molar-refractivity contribution in [2.24, 2.45) is 0 Å². The molecular formula is C20H14ClFN2O3. The van der Waals surface area contributed by atoms with E-state index in [0.29, 0.717) is 33.1 Å². The van der Waals surface area contributed by atoms with Crippen molar-refractivity contribution in [3.05, 3.63) is 70.7 Å². The molecule has 2 heterocycles. The Balaban J connectivity index is 1.48. The molecule has 0 aliphatic carbocycles. The number of aryl methyl sites for hydroxylation is 1. The maximum Gasteiger partial charge on any atom is 0.225 e. The van der Waals surface area contributed by atoms with Gasteiger partial charge < -0.3 is 14.3 Å². The number of furan rings is 1. The molecule has 2 aromatic carbocycles. The van der Waals surface area contributed by atoms with E-state index in [1.54, 1.807) is 25.1 Å². The van der Waals surface area contributed by atoms with E-state index in [4.69, 9.17) is 20.5 Å². The molecule has 5 nitrogen and oxygen atoms in total. The lowest BCUT2D eigenvalue weighted by Crippen LogP contribution is -2.13. The number of anilines is 1. The first-order valence-electron chi connectivity index (χ1n) is 8.19. The lowest BCUT2D eigenvalue weighted by Gasteiger charge is -2.00. The van der Waals surface area contributed by atoms with Crippen LogP contribution in [0.2, 0.25) is 5.02 Å². The Morgan fingerprint density at radius 3 is 2.74 bits per heavy atom. The number of aromatic nitrogens is 1. The van der Waals surface area contributed by atoms with Crippen molar-refractivity contribution in [2.45, 2.75) is 6.92 Å². The Morgan fingerprint density at radius 1 is 1.19 bits per heavy atom. The summed E-state index contributed by atoms with van der Waals surface area (Å²) in [6.45, 7) is 1.68. The average Bonchev–Trinajstić information content (AvgIpc) is 3.26. The zero-order valence-corrected chi connectivity index (χ0v) is 15.0. The molecule has 136 valence electrons. The Bertz CT molecular complexity index is 1130. The standard InChI is InChI=1S/C20H14ClFN2O3/c1-11-15-8-14(22)6-7-18(15)26-20(11)17(25)10-23-19-9-16(24-27-19)12-2-4-13(21)5-3-12/h2-9,23H,10H2,1H3. The summed E-state index contributed by atoms with van der Waals surface area (Å²) in [6.07, 6.45) is 0. The number of rotatable bonds is 5. The lowest BCUT2D eigenvalue weighted by molar-refractivity contribution is 0.0980. The molecule has 0 radical (unpaired) electrons. The summed E-state index contributed by atoms with van der Waals surface area (Å²) in [5.41, 5.74) is 2.55. The fourth-order valence-electron chi connectivity index (χ4n) is 2.82. The van der Waals surface area contributed by atoms with Gasteiger partial charge in [-0.25, -0.2) is 4.39 Å². The van der Waals surface area contributed by atoms with E-state index >= 15 is 0 Å². The van der Waals surface area contributed by atoms with Gasteiger partial charge in [-0.3, -0.25) is 4.79 Å². The molecule has 0 aliphatic heterocycles. The van der Waals surface area contributed by atoms with E-state index in [1.165, 1.54) is 18.2 Å². The topological polar surface area (TPSA) is 68.3 Å². The molecule has 27 heavy (non-hydrogen) atoms. The highest BCUT2D eigenvalue weighted by molar-refractivity contribution is 6.30. The van der Waals surface area contributed by atoms with E-state index in [-0.39, 0.29) is 23.9 Å². The quantitative estimate of drug-likeness (QED) is 0.461. The summed E-state index contributed by atoms with van der Waals surface area (Å²) in [4.78, 5) is 12.5. The molecule has 7 heteroatoms. The van der Waals surface area contributed by atoms with Crippen LogP contribution < -0.4 is 5.32 Å². The largest absolute Gasteiger partial charge is 0.453 e. The molecule has 4 aromatic rings. The first-order valence-corrected chi connectivity index (χ1v) is 8.57. The van der Waals surface area contributed by atoms with Crippen LogP contribution in [-0.2, 0) is 0 Å². The predicted octanol–water partition coefficient (Wildman–Crippen LogP) is 5.48. The van der Waals surface area contributed by atoms with Crippen LogP contribution in [0.1, 0.15) is 16.1 Å². The Morgan fingerprint density at radius 2 is 1.96 bits per heavy atom. The van der Waals surface area contributed by atoms with Crippen molar-refractivity contribution in [3.63, 3.8) is 0 Å². The number of benzene rings is 2. The molecule has 0 amide bonds. The van der Waals surface area contributed by atoms with Crippen molar-refractivity contribution in [2.75, 3.05) is 11.9 Å². The number of nitrogens with zero attached hydrogens (tertiary/aromatic N) is 1. The van der Waals surface area contributed by atoms with Gasteiger partial charge in [-0.15, -0.1) is 0 Å². The maximum atomic E-state index is 13.4. The van der Waals surface area contributed by atoms with Gasteiger partial charge in [-0.2, -0.15) is 0 Å². The second kappa shape index (κ2) is 6.89. The van der Waals surface area contributed by atoms with Crippen LogP contribution in [0.25, 0.3) is 22.2 Å². The highest BCUT2D eigenvalue weighted by Gasteiger charge is 2.18. The van der Waals surface area contributed by atoms with Crippen molar-refractivity contribution < 1.29 is 18.1 Å². The van der Waals surface area contributed by atoms with Crippen molar-refractivity contribution in [1.82, 2.24) is 5.16 Å². The number of carbonyl (C=O) groups excluding carboxylic acids is 1. The summed E-state index contributed by atoms with van der Waals surface area (Å²) >= 11 is 5.87. The van der Waals surface area contributed by atoms with E-state index in [2.05, 4.69) is 10.5 Å². The fraction of sp³-hybridized carbons (Fsp3) is 0.100. The number of carbonyl (C=O) groups is 1. The van der Waals surface area contributed by atoms with Crippen LogP contribution in [0.15, 0.2) is 57.5 Å². The Labute approximate surface area is 158 Å². The molecule has 2 aromatic heterocycles. The van der Waals surface area contributed by atoms with Gasteiger partial charge >= 0.3 is 0 Å². The highest BCUT2D eigenvalue weighted by Crippen LogP contribution is 2.27. The fourth-order valence-corrected chi connectivity index (χ4v) is 2.95. The van der Waals surface area contributed by atoms with Gasteiger partial charge in [-0.05, 0) is 37.3 Å². The summed E-state index contributed by atoms with van der Waals surface area (Å²) in [7, 11) is 0. The molecule has 0 atom stereocenters. The number of halogens is 2. The van der Waals surface area contributed by atoms with Crippen LogP contribution in [0.5, 0.6) is 0 Å². The second-order valence-electron chi connectivity index (χ2n) is 6.06. The molecule has 0 aliphatic rings. The molecule has 1 N–H and O–H groups in total.